The lowest BCUT2D eigenvalue weighted by atomic mass is 10.0. The summed E-state index contributed by atoms with van der Waals surface area (Å²) in [6, 6.07) is 9.80. The van der Waals surface area contributed by atoms with E-state index in [1.165, 1.54) is 42.5 Å². The Morgan fingerprint density at radius 3 is 1.94 bits per heavy atom. The quantitative estimate of drug-likeness (QED) is 0.705. The Hall–Kier alpha value is -2.03. The van der Waals surface area contributed by atoms with E-state index in [1.807, 2.05) is 0 Å². The van der Waals surface area contributed by atoms with Gasteiger partial charge >= 0.3 is 0 Å². The van der Waals surface area contributed by atoms with Crippen LogP contribution in [-0.4, -0.2) is 6.29 Å². The molecule has 0 atom stereocenters. The number of rotatable bonds is 2. The van der Waals surface area contributed by atoms with Crippen molar-refractivity contribution in [1.82, 2.24) is 0 Å². The van der Waals surface area contributed by atoms with E-state index < -0.39 is 11.6 Å². The highest BCUT2D eigenvalue weighted by Crippen LogP contribution is 2.25. The van der Waals surface area contributed by atoms with Gasteiger partial charge in [0.15, 0.2) is 0 Å². The van der Waals surface area contributed by atoms with Crippen molar-refractivity contribution in [3.63, 3.8) is 0 Å². The first-order valence-electron chi connectivity index (χ1n) is 4.72. The molecule has 0 saturated heterocycles. The zero-order valence-corrected chi connectivity index (χ0v) is 8.28. The number of carbonyl (C=O) groups is 1. The van der Waals surface area contributed by atoms with Gasteiger partial charge in [-0.25, -0.2) is 8.78 Å². The van der Waals surface area contributed by atoms with Gasteiger partial charge < -0.3 is 0 Å². The van der Waals surface area contributed by atoms with E-state index in [0.29, 0.717) is 17.4 Å². The number of aldehydes is 1. The molecule has 0 fully saturated rings. The molecule has 0 heterocycles. The van der Waals surface area contributed by atoms with Crippen molar-refractivity contribution in [1.29, 1.82) is 0 Å². The molecule has 0 saturated carbocycles. The predicted octanol–water partition coefficient (Wildman–Crippen LogP) is 3.44. The van der Waals surface area contributed by atoms with E-state index in [4.69, 9.17) is 0 Å². The zero-order chi connectivity index (χ0) is 11.5. The van der Waals surface area contributed by atoms with Crippen LogP contribution in [0.5, 0.6) is 0 Å². The first kappa shape index (κ1) is 10.5. The molecule has 0 aliphatic rings. The molecular weight excluding hydrogens is 210 g/mol. The summed E-state index contributed by atoms with van der Waals surface area (Å²) in [5, 5.41) is 0. The average molecular weight is 218 g/mol. The summed E-state index contributed by atoms with van der Waals surface area (Å²) in [6.07, 6.45) is 0.682. The monoisotopic (exact) mass is 218 g/mol. The van der Waals surface area contributed by atoms with Gasteiger partial charge in [-0.2, -0.15) is 0 Å². The van der Waals surface area contributed by atoms with Gasteiger partial charge in [-0.05, 0) is 17.7 Å². The van der Waals surface area contributed by atoms with Crippen molar-refractivity contribution >= 4 is 6.29 Å². The van der Waals surface area contributed by atoms with E-state index >= 15 is 0 Å². The Morgan fingerprint density at radius 1 is 0.875 bits per heavy atom. The maximum Gasteiger partial charge on any atom is 0.150 e. The highest BCUT2D eigenvalue weighted by atomic mass is 19.1. The zero-order valence-electron chi connectivity index (χ0n) is 8.28. The van der Waals surface area contributed by atoms with Crippen LogP contribution < -0.4 is 0 Å². The molecule has 0 N–H and O–H groups in total. The van der Waals surface area contributed by atoms with Crippen LogP contribution in [0.1, 0.15) is 10.4 Å². The van der Waals surface area contributed by atoms with Crippen molar-refractivity contribution in [3.05, 3.63) is 59.7 Å². The van der Waals surface area contributed by atoms with E-state index in [1.54, 1.807) is 0 Å². The smallest absolute Gasteiger partial charge is 0.150 e. The fraction of sp³-hybridized carbons (Fsp3) is 0. The molecule has 2 aromatic rings. The van der Waals surface area contributed by atoms with Gasteiger partial charge in [0.25, 0.3) is 0 Å². The molecule has 0 aliphatic carbocycles. The van der Waals surface area contributed by atoms with Gasteiger partial charge in [0.05, 0.1) is 5.56 Å². The van der Waals surface area contributed by atoms with E-state index in [-0.39, 0.29) is 5.56 Å². The lowest BCUT2D eigenvalue weighted by Crippen LogP contribution is -1.89. The standard InChI is InChI=1S/C13H8F2O/c14-11-2-1-3-12(15)13(11)10-6-4-9(8-16)5-7-10/h1-8H. The van der Waals surface area contributed by atoms with Crippen LogP contribution in [0.4, 0.5) is 8.78 Å². The molecule has 0 aliphatic heterocycles. The third-order valence-corrected chi connectivity index (χ3v) is 2.30. The largest absolute Gasteiger partial charge is 0.298 e. The number of hydrogen-bond donors (Lipinski definition) is 0. The topological polar surface area (TPSA) is 17.1 Å². The number of benzene rings is 2. The second kappa shape index (κ2) is 4.23. The third-order valence-electron chi connectivity index (χ3n) is 2.30. The summed E-state index contributed by atoms with van der Waals surface area (Å²) in [6.45, 7) is 0. The molecule has 0 spiro atoms. The van der Waals surface area contributed by atoms with Crippen LogP contribution in [0, 0.1) is 11.6 Å². The van der Waals surface area contributed by atoms with Gasteiger partial charge in [-0.3, -0.25) is 4.79 Å². The van der Waals surface area contributed by atoms with Crippen molar-refractivity contribution in [2.75, 3.05) is 0 Å². The van der Waals surface area contributed by atoms with Crippen molar-refractivity contribution < 1.29 is 13.6 Å². The van der Waals surface area contributed by atoms with Gasteiger partial charge in [-0.15, -0.1) is 0 Å². The molecule has 0 unspecified atom stereocenters. The fourth-order valence-corrected chi connectivity index (χ4v) is 1.50. The molecule has 0 amide bonds. The van der Waals surface area contributed by atoms with Crippen LogP contribution in [0.25, 0.3) is 11.1 Å². The number of halogens is 2. The summed E-state index contributed by atoms with van der Waals surface area (Å²) in [5.41, 5.74) is 0.821. The Kier molecular flexibility index (Phi) is 2.77. The summed E-state index contributed by atoms with van der Waals surface area (Å²) >= 11 is 0. The first-order chi connectivity index (χ1) is 7.72. The molecule has 0 radical (unpaired) electrons. The summed E-state index contributed by atoms with van der Waals surface area (Å²) in [5.74, 6) is -1.22. The third kappa shape index (κ3) is 1.84. The van der Waals surface area contributed by atoms with E-state index in [2.05, 4.69) is 0 Å². The summed E-state index contributed by atoms with van der Waals surface area (Å²) < 4.78 is 26.8. The Labute approximate surface area is 91.3 Å². The molecule has 2 rings (SSSR count). The molecule has 0 bridgehead atoms. The van der Waals surface area contributed by atoms with Gasteiger partial charge in [0.2, 0.25) is 0 Å². The average Bonchev–Trinajstić information content (AvgIpc) is 2.30. The minimum Gasteiger partial charge on any atom is -0.298 e. The van der Waals surface area contributed by atoms with Crippen molar-refractivity contribution in [2.24, 2.45) is 0 Å². The molecule has 16 heavy (non-hydrogen) atoms. The Morgan fingerprint density at radius 2 is 1.44 bits per heavy atom. The molecule has 1 nitrogen and oxygen atoms in total. The van der Waals surface area contributed by atoms with Crippen LogP contribution >= 0.6 is 0 Å². The Bertz CT molecular complexity index is 498. The molecule has 80 valence electrons. The predicted molar refractivity (Wildman–Crippen MR) is 57.2 cm³/mol. The van der Waals surface area contributed by atoms with Crippen LogP contribution in [0.2, 0.25) is 0 Å². The van der Waals surface area contributed by atoms with Gasteiger partial charge in [0.1, 0.15) is 17.9 Å². The fourth-order valence-electron chi connectivity index (χ4n) is 1.50. The highest BCUT2D eigenvalue weighted by Gasteiger charge is 2.10. The normalized spacial score (nSPS) is 10.1. The van der Waals surface area contributed by atoms with Crippen LogP contribution in [-0.2, 0) is 0 Å². The number of carbonyl (C=O) groups excluding carboxylic acids is 1. The molecule has 3 heteroatoms. The Balaban J connectivity index is 2.54. The summed E-state index contributed by atoms with van der Waals surface area (Å²) in [4.78, 5) is 10.4. The van der Waals surface area contributed by atoms with Crippen molar-refractivity contribution in [2.45, 2.75) is 0 Å². The molecule has 0 aromatic heterocycles. The SMILES string of the molecule is O=Cc1ccc(-c2c(F)cccc2F)cc1. The van der Waals surface area contributed by atoms with Gasteiger partial charge in [0, 0.05) is 5.56 Å². The lowest BCUT2D eigenvalue weighted by molar-refractivity contribution is 0.112. The van der Waals surface area contributed by atoms with E-state index in [9.17, 15) is 13.6 Å². The maximum absolute atomic E-state index is 13.4. The second-order valence-electron chi connectivity index (χ2n) is 3.34. The lowest BCUT2D eigenvalue weighted by Gasteiger charge is -2.04. The van der Waals surface area contributed by atoms with E-state index in [0.717, 1.165) is 0 Å². The van der Waals surface area contributed by atoms with Crippen LogP contribution in [0.15, 0.2) is 42.5 Å². The first-order valence-corrected chi connectivity index (χ1v) is 4.72. The molecule has 2 aromatic carbocycles. The number of hydrogen-bond acceptors (Lipinski definition) is 1. The summed E-state index contributed by atoms with van der Waals surface area (Å²) in [7, 11) is 0. The van der Waals surface area contributed by atoms with Crippen molar-refractivity contribution in [3.8, 4) is 11.1 Å². The highest BCUT2D eigenvalue weighted by molar-refractivity contribution is 5.77. The molecular formula is C13H8F2O. The maximum atomic E-state index is 13.4. The second-order valence-corrected chi connectivity index (χ2v) is 3.34. The van der Waals surface area contributed by atoms with Crippen LogP contribution in [0.3, 0.4) is 0 Å². The van der Waals surface area contributed by atoms with Gasteiger partial charge in [-0.1, -0.05) is 30.3 Å². The minimum absolute atomic E-state index is 0.0695. The minimum atomic E-state index is -0.612.